The summed E-state index contributed by atoms with van der Waals surface area (Å²) in [6.07, 6.45) is -0.837. The lowest BCUT2D eigenvalue weighted by atomic mass is 10.2. The number of hydrogen-bond acceptors (Lipinski definition) is 5. The summed E-state index contributed by atoms with van der Waals surface area (Å²) >= 11 is 0. The molecule has 0 N–H and O–H groups in total. The molecule has 5 heteroatoms. The standard InChI is InChI=1S/C14H11NO4/c1-10-2-6-12(7-3-10)18-14(16)19-13-8-4-11(15-17)5-9-13/h2-9H,1H3. The molecule has 0 fully saturated rings. The van der Waals surface area contributed by atoms with Gasteiger partial charge in [0.05, 0.1) is 0 Å². The molecule has 96 valence electrons. The van der Waals surface area contributed by atoms with E-state index in [0.717, 1.165) is 5.56 Å². The maximum Gasteiger partial charge on any atom is 0.519 e. The van der Waals surface area contributed by atoms with Crippen molar-refractivity contribution in [2.45, 2.75) is 6.92 Å². The third-order valence-corrected chi connectivity index (χ3v) is 2.37. The Labute approximate surface area is 109 Å². The van der Waals surface area contributed by atoms with Crippen LogP contribution in [-0.4, -0.2) is 6.16 Å². The molecule has 2 aromatic carbocycles. The van der Waals surface area contributed by atoms with E-state index in [1.165, 1.54) is 24.3 Å². The van der Waals surface area contributed by atoms with Crippen molar-refractivity contribution in [1.29, 1.82) is 0 Å². The van der Waals surface area contributed by atoms with Crippen LogP contribution in [0.25, 0.3) is 0 Å². The third-order valence-electron chi connectivity index (χ3n) is 2.37. The van der Waals surface area contributed by atoms with Crippen LogP contribution in [-0.2, 0) is 0 Å². The number of aryl methyl sites for hydroxylation is 1. The van der Waals surface area contributed by atoms with Gasteiger partial charge in [0.25, 0.3) is 0 Å². The van der Waals surface area contributed by atoms with Gasteiger partial charge in [-0.15, -0.1) is 4.91 Å². The number of carbonyl (C=O) groups excluding carboxylic acids is 1. The lowest BCUT2D eigenvalue weighted by molar-refractivity contribution is 0.152. The lowest BCUT2D eigenvalue weighted by Gasteiger charge is -2.05. The van der Waals surface area contributed by atoms with E-state index in [1.807, 2.05) is 19.1 Å². The molecule has 0 aliphatic heterocycles. The molecule has 0 atom stereocenters. The molecular weight excluding hydrogens is 246 g/mol. The fourth-order valence-electron chi connectivity index (χ4n) is 1.39. The van der Waals surface area contributed by atoms with Gasteiger partial charge in [0.2, 0.25) is 0 Å². The van der Waals surface area contributed by atoms with Gasteiger partial charge in [-0.1, -0.05) is 17.7 Å². The van der Waals surface area contributed by atoms with E-state index in [0.29, 0.717) is 5.75 Å². The number of nitrogens with zero attached hydrogens (tertiary/aromatic N) is 1. The Morgan fingerprint density at radius 1 is 0.895 bits per heavy atom. The summed E-state index contributed by atoms with van der Waals surface area (Å²) in [4.78, 5) is 21.7. The minimum Gasteiger partial charge on any atom is -0.395 e. The Balaban J connectivity index is 1.96. The smallest absolute Gasteiger partial charge is 0.395 e. The monoisotopic (exact) mass is 257 g/mol. The number of nitroso groups, excluding NO2 is 1. The van der Waals surface area contributed by atoms with Crippen molar-refractivity contribution in [3.8, 4) is 11.5 Å². The van der Waals surface area contributed by atoms with Gasteiger partial charge in [-0.2, -0.15) is 0 Å². The Morgan fingerprint density at radius 3 is 1.84 bits per heavy atom. The van der Waals surface area contributed by atoms with E-state index in [2.05, 4.69) is 5.18 Å². The number of ether oxygens (including phenoxy) is 2. The number of carbonyl (C=O) groups is 1. The minimum atomic E-state index is -0.837. The van der Waals surface area contributed by atoms with Crippen LogP contribution in [0.3, 0.4) is 0 Å². The van der Waals surface area contributed by atoms with E-state index < -0.39 is 6.16 Å². The van der Waals surface area contributed by atoms with Gasteiger partial charge in [0.15, 0.2) is 0 Å². The molecule has 0 amide bonds. The Morgan fingerprint density at radius 2 is 1.37 bits per heavy atom. The van der Waals surface area contributed by atoms with Crippen molar-refractivity contribution in [2.24, 2.45) is 5.18 Å². The summed E-state index contributed by atoms with van der Waals surface area (Å²) in [5.74, 6) is 0.686. The normalized spacial score (nSPS) is 9.74. The SMILES string of the molecule is Cc1ccc(OC(=O)Oc2ccc(N=O)cc2)cc1. The zero-order valence-corrected chi connectivity index (χ0v) is 10.2. The summed E-state index contributed by atoms with van der Waals surface area (Å²) < 4.78 is 9.93. The average molecular weight is 257 g/mol. The largest absolute Gasteiger partial charge is 0.519 e. The summed E-state index contributed by atoms with van der Waals surface area (Å²) in [6.45, 7) is 1.94. The van der Waals surface area contributed by atoms with E-state index in [9.17, 15) is 9.70 Å². The highest BCUT2D eigenvalue weighted by Crippen LogP contribution is 2.19. The molecule has 0 bridgehead atoms. The first-order chi connectivity index (χ1) is 9.17. The maximum atomic E-state index is 11.5. The van der Waals surface area contributed by atoms with Crippen LogP contribution >= 0.6 is 0 Å². The molecule has 2 rings (SSSR count). The predicted octanol–water partition coefficient (Wildman–Crippen LogP) is 3.97. The highest BCUT2D eigenvalue weighted by atomic mass is 16.7. The van der Waals surface area contributed by atoms with Gasteiger partial charge in [0.1, 0.15) is 17.2 Å². The van der Waals surface area contributed by atoms with Crippen molar-refractivity contribution in [3.05, 3.63) is 59.0 Å². The van der Waals surface area contributed by atoms with Crippen molar-refractivity contribution < 1.29 is 14.3 Å². The van der Waals surface area contributed by atoms with E-state index in [4.69, 9.17) is 9.47 Å². The molecular formula is C14H11NO4. The van der Waals surface area contributed by atoms with Crippen molar-refractivity contribution in [3.63, 3.8) is 0 Å². The molecule has 0 saturated carbocycles. The quantitative estimate of drug-likeness (QED) is 0.474. The van der Waals surface area contributed by atoms with E-state index >= 15 is 0 Å². The average Bonchev–Trinajstić information content (AvgIpc) is 2.42. The van der Waals surface area contributed by atoms with Gasteiger partial charge in [-0.25, -0.2) is 4.79 Å². The van der Waals surface area contributed by atoms with Crippen LogP contribution in [0.2, 0.25) is 0 Å². The first kappa shape index (κ1) is 12.8. The molecule has 0 aliphatic carbocycles. The van der Waals surface area contributed by atoms with Crippen LogP contribution in [0, 0.1) is 11.8 Å². The van der Waals surface area contributed by atoms with E-state index in [-0.39, 0.29) is 11.4 Å². The molecule has 2 aromatic rings. The fourth-order valence-corrected chi connectivity index (χ4v) is 1.39. The summed E-state index contributed by atoms with van der Waals surface area (Å²) in [5.41, 5.74) is 1.33. The zero-order chi connectivity index (χ0) is 13.7. The predicted molar refractivity (Wildman–Crippen MR) is 69.7 cm³/mol. The zero-order valence-electron chi connectivity index (χ0n) is 10.2. The number of hydrogen-bond donors (Lipinski definition) is 0. The van der Waals surface area contributed by atoms with Crippen molar-refractivity contribution in [2.75, 3.05) is 0 Å². The molecule has 19 heavy (non-hydrogen) atoms. The number of rotatable bonds is 3. The Kier molecular flexibility index (Phi) is 3.87. The fraction of sp³-hybridized carbons (Fsp3) is 0.0714. The second-order valence-electron chi connectivity index (χ2n) is 3.85. The van der Waals surface area contributed by atoms with Crippen molar-refractivity contribution >= 4 is 11.8 Å². The van der Waals surface area contributed by atoms with Crippen molar-refractivity contribution in [1.82, 2.24) is 0 Å². The van der Waals surface area contributed by atoms with Crippen LogP contribution in [0.5, 0.6) is 11.5 Å². The van der Waals surface area contributed by atoms with Crippen LogP contribution < -0.4 is 9.47 Å². The summed E-state index contributed by atoms with van der Waals surface area (Å²) in [5, 5.41) is 2.75. The summed E-state index contributed by atoms with van der Waals surface area (Å²) in [7, 11) is 0. The Bertz CT molecular complexity index is 575. The van der Waals surface area contributed by atoms with Gasteiger partial charge in [-0.05, 0) is 48.5 Å². The minimum absolute atomic E-state index is 0.263. The highest BCUT2D eigenvalue weighted by Gasteiger charge is 2.07. The van der Waals surface area contributed by atoms with Gasteiger partial charge < -0.3 is 9.47 Å². The molecule has 0 spiro atoms. The molecule has 0 saturated heterocycles. The lowest BCUT2D eigenvalue weighted by Crippen LogP contribution is -2.13. The molecule has 0 aromatic heterocycles. The molecule has 0 aliphatic rings. The number of benzene rings is 2. The van der Waals surface area contributed by atoms with E-state index in [1.54, 1.807) is 12.1 Å². The topological polar surface area (TPSA) is 65.0 Å². The second-order valence-corrected chi connectivity index (χ2v) is 3.85. The Hall–Kier alpha value is -2.69. The van der Waals surface area contributed by atoms with Crippen LogP contribution in [0.1, 0.15) is 5.56 Å². The van der Waals surface area contributed by atoms with Crippen LogP contribution in [0.4, 0.5) is 10.5 Å². The first-order valence-electron chi connectivity index (χ1n) is 5.57. The summed E-state index contributed by atoms with van der Waals surface area (Å²) in [6, 6.07) is 12.8. The second kappa shape index (κ2) is 5.77. The van der Waals surface area contributed by atoms with Gasteiger partial charge >= 0.3 is 6.16 Å². The van der Waals surface area contributed by atoms with Crippen LogP contribution in [0.15, 0.2) is 53.7 Å². The molecule has 5 nitrogen and oxygen atoms in total. The van der Waals surface area contributed by atoms with Gasteiger partial charge in [-0.3, -0.25) is 0 Å². The molecule has 0 radical (unpaired) electrons. The van der Waals surface area contributed by atoms with Gasteiger partial charge in [0, 0.05) is 0 Å². The maximum absolute atomic E-state index is 11.5. The molecule has 0 heterocycles. The highest BCUT2D eigenvalue weighted by molar-refractivity contribution is 5.67. The third kappa shape index (κ3) is 3.64. The first-order valence-corrected chi connectivity index (χ1v) is 5.57. The molecule has 0 unspecified atom stereocenters.